The van der Waals surface area contributed by atoms with Gasteiger partial charge in [0, 0.05) is 0 Å². The van der Waals surface area contributed by atoms with Crippen LogP contribution < -0.4 is 5.73 Å². The Kier molecular flexibility index (Phi) is 3.64. The van der Waals surface area contributed by atoms with Crippen molar-refractivity contribution in [2.24, 2.45) is 5.73 Å². The van der Waals surface area contributed by atoms with E-state index in [-0.39, 0.29) is 11.5 Å². The van der Waals surface area contributed by atoms with Crippen LogP contribution in [-0.4, -0.2) is 0 Å². The first kappa shape index (κ1) is 13.4. The largest absolute Gasteiger partial charge is 0.466 e. The summed E-state index contributed by atoms with van der Waals surface area (Å²) in [6.45, 7) is 6.57. The van der Waals surface area contributed by atoms with E-state index >= 15 is 0 Å². The van der Waals surface area contributed by atoms with Gasteiger partial charge in [-0.25, -0.2) is 0 Å². The summed E-state index contributed by atoms with van der Waals surface area (Å²) in [6.07, 6.45) is 1.65. The summed E-state index contributed by atoms with van der Waals surface area (Å²) in [4.78, 5) is 0. The maximum atomic E-state index is 6.34. The lowest BCUT2D eigenvalue weighted by molar-refractivity contribution is 0.481. The minimum Gasteiger partial charge on any atom is -0.466 e. The fourth-order valence-electron chi connectivity index (χ4n) is 2.12. The summed E-state index contributed by atoms with van der Waals surface area (Å²) in [5, 5.41) is 0. The average Bonchev–Trinajstić information content (AvgIpc) is 2.73. The van der Waals surface area contributed by atoms with Crippen molar-refractivity contribution in [3.8, 4) is 0 Å². The zero-order valence-corrected chi connectivity index (χ0v) is 12.5. The highest BCUT2D eigenvalue weighted by Crippen LogP contribution is 2.34. The van der Waals surface area contributed by atoms with E-state index in [0.29, 0.717) is 0 Å². The summed E-state index contributed by atoms with van der Waals surface area (Å²) in [5.74, 6) is 0.770. The van der Waals surface area contributed by atoms with Gasteiger partial charge in [-0.15, -0.1) is 0 Å². The van der Waals surface area contributed by atoms with Gasteiger partial charge in [-0.05, 0) is 38.5 Å². The topological polar surface area (TPSA) is 39.2 Å². The Morgan fingerprint density at radius 3 is 2.39 bits per heavy atom. The van der Waals surface area contributed by atoms with Crippen molar-refractivity contribution in [3.63, 3.8) is 0 Å². The lowest BCUT2D eigenvalue weighted by Crippen LogP contribution is -2.20. The molecule has 1 heterocycles. The van der Waals surface area contributed by atoms with E-state index in [1.807, 2.05) is 18.2 Å². The molecule has 0 bridgehead atoms. The Morgan fingerprint density at radius 2 is 1.83 bits per heavy atom. The molecule has 0 saturated carbocycles. The lowest BCUT2D eigenvalue weighted by atomic mass is 9.81. The Labute approximate surface area is 116 Å². The molecular formula is C15H18BrNO. The second kappa shape index (κ2) is 4.90. The van der Waals surface area contributed by atoms with Gasteiger partial charge in [0.15, 0.2) is 0 Å². The van der Waals surface area contributed by atoms with E-state index in [2.05, 4.69) is 48.8 Å². The molecule has 1 aromatic carbocycles. The molecule has 3 heteroatoms. The molecule has 0 amide bonds. The van der Waals surface area contributed by atoms with Crippen molar-refractivity contribution in [2.45, 2.75) is 32.2 Å². The number of rotatable bonds is 2. The predicted molar refractivity (Wildman–Crippen MR) is 77.6 cm³/mol. The molecule has 0 aliphatic rings. The van der Waals surface area contributed by atoms with Crippen molar-refractivity contribution < 1.29 is 4.42 Å². The molecule has 0 saturated heterocycles. The maximum absolute atomic E-state index is 6.34. The molecule has 1 aromatic heterocycles. The van der Waals surface area contributed by atoms with Crippen molar-refractivity contribution in [1.82, 2.24) is 0 Å². The van der Waals surface area contributed by atoms with Gasteiger partial charge in [0.05, 0.1) is 16.8 Å². The first-order chi connectivity index (χ1) is 8.41. The zero-order chi connectivity index (χ0) is 13.3. The van der Waals surface area contributed by atoms with Gasteiger partial charge in [0.1, 0.15) is 5.76 Å². The van der Waals surface area contributed by atoms with Gasteiger partial charge >= 0.3 is 0 Å². The van der Waals surface area contributed by atoms with E-state index in [4.69, 9.17) is 10.2 Å². The summed E-state index contributed by atoms with van der Waals surface area (Å²) in [6, 6.07) is 9.89. The molecule has 0 aliphatic carbocycles. The van der Waals surface area contributed by atoms with E-state index in [1.165, 1.54) is 5.56 Å². The Balaban J connectivity index is 2.49. The maximum Gasteiger partial charge on any atom is 0.139 e. The van der Waals surface area contributed by atoms with Crippen LogP contribution in [0.3, 0.4) is 0 Å². The van der Waals surface area contributed by atoms with Crippen LogP contribution in [0.2, 0.25) is 0 Å². The van der Waals surface area contributed by atoms with Crippen molar-refractivity contribution in [3.05, 3.63) is 58.0 Å². The van der Waals surface area contributed by atoms with Crippen LogP contribution in [0.25, 0.3) is 0 Å². The quantitative estimate of drug-likeness (QED) is 0.894. The third-order valence-corrected chi connectivity index (χ3v) is 3.69. The molecule has 2 N–H and O–H groups in total. The van der Waals surface area contributed by atoms with E-state index in [0.717, 1.165) is 15.8 Å². The number of hydrogen-bond acceptors (Lipinski definition) is 2. The third-order valence-electron chi connectivity index (χ3n) is 3.03. The number of halogens is 1. The van der Waals surface area contributed by atoms with Crippen LogP contribution in [0.15, 0.2) is 45.5 Å². The van der Waals surface area contributed by atoms with Gasteiger partial charge in [0.2, 0.25) is 0 Å². The summed E-state index contributed by atoms with van der Waals surface area (Å²) >= 11 is 3.47. The smallest absolute Gasteiger partial charge is 0.139 e. The average molecular weight is 308 g/mol. The number of furan rings is 1. The second-order valence-corrected chi connectivity index (χ2v) is 6.30. The number of hydrogen-bond donors (Lipinski definition) is 1. The SMILES string of the molecule is CC(C)(C)c1ccccc1C(N)c1occc1Br. The highest BCUT2D eigenvalue weighted by Gasteiger charge is 2.23. The van der Waals surface area contributed by atoms with Gasteiger partial charge in [0.25, 0.3) is 0 Å². The molecule has 1 unspecified atom stereocenters. The molecule has 0 fully saturated rings. The molecule has 0 spiro atoms. The first-order valence-corrected chi connectivity index (χ1v) is 6.78. The predicted octanol–water partition coefficient (Wildman–Crippen LogP) is 4.39. The minimum atomic E-state index is -0.246. The molecule has 0 aliphatic heterocycles. The fraction of sp³-hybridized carbons (Fsp3) is 0.333. The summed E-state index contributed by atoms with van der Waals surface area (Å²) in [7, 11) is 0. The van der Waals surface area contributed by atoms with Crippen LogP contribution in [-0.2, 0) is 5.41 Å². The standard InChI is InChI=1S/C15H18BrNO/c1-15(2,3)11-7-5-4-6-10(11)13(17)14-12(16)8-9-18-14/h4-9,13H,17H2,1-3H3. The minimum absolute atomic E-state index is 0.0628. The van der Waals surface area contributed by atoms with Gasteiger partial charge in [-0.2, -0.15) is 0 Å². The lowest BCUT2D eigenvalue weighted by Gasteiger charge is -2.25. The Morgan fingerprint density at radius 1 is 1.17 bits per heavy atom. The van der Waals surface area contributed by atoms with Crippen molar-refractivity contribution in [2.75, 3.05) is 0 Å². The monoisotopic (exact) mass is 307 g/mol. The molecule has 96 valence electrons. The van der Waals surface area contributed by atoms with Crippen LogP contribution >= 0.6 is 15.9 Å². The molecule has 18 heavy (non-hydrogen) atoms. The van der Waals surface area contributed by atoms with Gasteiger partial charge < -0.3 is 10.2 Å². The van der Waals surface area contributed by atoms with Crippen LogP contribution in [0, 0.1) is 0 Å². The Hall–Kier alpha value is -1.06. The molecule has 2 nitrogen and oxygen atoms in total. The molecule has 0 radical (unpaired) electrons. The normalized spacial score (nSPS) is 13.6. The Bertz CT molecular complexity index is 539. The second-order valence-electron chi connectivity index (χ2n) is 5.45. The summed E-state index contributed by atoms with van der Waals surface area (Å²) in [5.41, 5.74) is 8.76. The van der Waals surface area contributed by atoms with Gasteiger partial charge in [-0.1, -0.05) is 45.0 Å². The summed E-state index contributed by atoms with van der Waals surface area (Å²) < 4.78 is 6.39. The first-order valence-electron chi connectivity index (χ1n) is 5.99. The molecule has 1 atom stereocenters. The highest BCUT2D eigenvalue weighted by atomic mass is 79.9. The molecule has 2 aromatic rings. The van der Waals surface area contributed by atoms with Crippen molar-refractivity contribution >= 4 is 15.9 Å². The zero-order valence-electron chi connectivity index (χ0n) is 10.9. The third kappa shape index (κ3) is 2.52. The van der Waals surface area contributed by atoms with E-state index in [1.54, 1.807) is 6.26 Å². The van der Waals surface area contributed by atoms with E-state index < -0.39 is 0 Å². The van der Waals surface area contributed by atoms with Gasteiger partial charge in [-0.3, -0.25) is 0 Å². The van der Waals surface area contributed by atoms with E-state index in [9.17, 15) is 0 Å². The van der Waals surface area contributed by atoms with Crippen LogP contribution in [0.4, 0.5) is 0 Å². The fourth-order valence-corrected chi connectivity index (χ4v) is 2.57. The van der Waals surface area contributed by atoms with Crippen LogP contribution in [0.5, 0.6) is 0 Å². The van der Waals surface area contributed by atoms with Crippen molar-refractivity contribution in [1.29, 1.82) is 0 Å². The molecular weight excluding hydrogens is 290 g/mol. The highest BCUT2D eigenvalue weighted by molar-refractivity contribution is 9.10. The number of nitrogens with two attached hydrogens (primary N) is 1. The number of benzene rings is 1. The molecule has 2 rings (SSSR count). The van der Waals surface area contributed by atoms with Crippen LogP contribution in [0.1, 0.15) is 43.7 Å².